The molecule has 3 aromatic carbocycles. The van der Waals surface area contributed by atoms with Gasteiger partial charge in [0.2, 0.25) is 5.91 Å². The molecule has 0 fully saturated rings. The maximum absolute atomic E-state index is 12.7. The summed E-state index contributed by atoms with van der Waals surface area (Å²) in [6.07, 6.45) is 0.303. The van der Waals surface area contributed by atoms with Crippen molar-refractivity contribution in [2.75, 3.05) is 6.61 Å². The quantitative estimate of drug-likeness (QED) is 0.566. The molecule has 4 heteroatoms. The highest BCUT2D eigenvalue weighted by Crippen LogP contribution is 2.34. The number of carbonyl (C=O) groups is 1. The number of carbonyl (C=O) groups excluding carboxylic acids is 1. The molecule has 0 radical (unpaired) electrons. The Morgan fingerprint density at radius 1 is 0.862 bits per heavy atom. The van der Waals surface area contributed by atoms with Gasteiger partial charge >= 0.3 is 0 Å². The molecule has 3 nitrogen and oxygen atoms in total. The van der Waals surface area contributed by atoms with Gasteiger partial charge in [0.05, 0.1) is 19.1 Å². The third-order valence-corrected chi connectivity index (χ3v) is 7.51. The van der Waals surface area contributed by atoms with Gasteiger partial charge in [-0.3, -0.25) is 4.79 Å². The minimum atomic E-state index is -0.763. The van der Waals surface area contributed by atoms with E-state index in [2.05, 4.69) is 59.9 Å². The third kappa shape index (κ3) is 5.53. The molecule has 2 N–H and O–H groups in total. The summed E-state index contributed by atoms with van der Waals surface area (Å²) in [6, 6.07) is 29.0. The van der Waals surface area contributed by atoms with Gasteiger partial charge in [0.25, 0.3) is 0 Å². The Kier molecular flexibility index (Phi) is 7.57. The summed E-state index contributed by atoms with van der Waals surface area (Å²) < 4.78 is 0. The summed E-state index contributed by atoms with van der Waals surface area (Å²) in [4.78, 5) is 12.7. The van der Waals surface area contributed by atoms with Crippen molar-refractivity contribution in [2.45, 2.75) is 26.3 Å². The summed E-state index contributed by atoms with van der Waals surface area (Å²) >= 11 is 0. The molecule has 0 unspecified atom stereocenters. The van der Waals surface area contributed by atoms with Crippen LogP contribution in [0.15, 0.2) is 84.9 Å². The third-order valence-electron chi connectivity index (χ3n) is 4.96. The smallest absolute Gasteiger partial charge is 0.224 e. The van der Waals surface area contributed by atoms with Gasteiger partial charge < -0.3 is 10.4 Å². The first-order chi connectivity index (χ1) is 14.1. The Morgan fingerprint density at radius 3 is 1.90 bits per heavy atom. The lowest BCUT2D eigenvalue weighted by molar-refractivity contribution is -0.121. The fraction of sp³-hybridized carbons (Fsp3) is 0.240. The number of aliphatic hydroxyl groups is 1. The molecule has 3 rings (SSSR count). The van der Waals surface area contributed by atoms with Gasteiger partial charge in [0, 0.05) is 0 Å². The molecule has 150 valence electrons. The molecule has 0 spiro atoms. The molecule has 0 aliphatic heterocycles. The zero-order valence-electron chi connectivity index (χ0n) is 17.0. The van der Waals surface area contributed by atoms with E-state index in [1.807, 2.05) is 44.2 Å². The fourth-order valence-corrected chi connectivity index (χ4v) is 5.78. The molecule has 0 saturated heterocycles. The van der Waals surface area contributed by atoms with Crippen LogP contribution in [-0.4, -0.2) is 23.7 Å². The fourth-order valence-electron chi connectivity index (χ4n) is 3.31. The van der Waals surface area contributed by atoms with E-state index in [-0.39, 0.29) is 24.5 Å². The van der Waals surface area contributed by atoms with Crippen molar-refractivity contribution in [3.63, 3.8) is 0 Å². The molecule has 1 atom stereocenters. The van der Waals surface area contributed by atoms with Crippen LogP contribution in [0.25, 0.3) is 0 Å². The van der Waals surface area contributed by atoms with E-state index in [4.69, 9.17) is 0 Å². The first kappa shape index (κ1) is 21.2. The molecular formula is C25H28NO2P. The SMILES string of the molecule is CC(C)[C@@H](CO)NC(=O)Cc1ccccc1P(c1ccccc1)c1ccccc1. The lowest BCUT2D eigenvalue weighted by Crippen LogP contribution is -2.42. The van der Waals surface area contributed by atoms with Crippen LogP contribution in [0.2, 0.25) is 0 Å². The van der Waals surface area contributed by atoms with Crippen LogP contribution in [0.5, 0.6) is 0 Å². The summed E-state index contributed by atoms with van der Waals surface area (Å²) in [6.45, 7) is 3.95. The molecule has 0 bridgehead atoms. The second-order valence-electron chi connectivity index (χ2n) is 7.41. The lowest BCUT2D eigenvalue weighted by atomic mass is 10.0. The van der Waals surface area contributed by atoms with Crippen molar-refractivity contribution in [3.05, 3.63) is 90.5 Å². The van der Waals surface area contributed by atoms with E-state index in [1.54, 1.807) is 0 Å². The summed E-state index contributed by atoms with van der Waals surface area (Å²) in [5.74, 6) is 0.131. The normalized spacial score (nSPS) is 12.2. The molecule has 1 amide bonds. The Labute approximate surface area is 174 Å². The van der Waals surface area contributed by atoms with Crippen molar-refractivity contribution in [1.29, 1.82) is 0 Å². The van der Waals surface area contributed by atoms with E-state index in [1.165, 1.54) is 15.9 Å². The Hall–Kier alpha value is -2.48. The van der Waals surface area contributed by atoms with Crippen LogP contribution in [0, 0.1) is 5.92 Å². The van der Waals surface area contributed by atoms with Crippen molar-refractivity contribution in [3.8, 4) is 0 Å². The maximum Gasteiger partial charge on any atom is 0.224 e. The van der Waals surface area contributed by atoms with Crippen LogP contribution in [0.3, 0.4) is 0 Å². The zero-order chi connectivity index (χ0) is 20.6. The highest BCUT2D eigenvalue weighted by molar-refractivity contribution is 7.79. The van der Waals surface area contributed by atoms with Crippen LogP contribution in [0.1, 0.15) is 19.4 Å². The van der Waals surface area contributed by atoms with E-state index >= 15 is 0 Å². The Bertz CT molecular complexity index is 873. The van der Waals surface area contributed by atoms with Gasteiger partial charge in [0.1, 0.15) is 0 Å². The van der Waals surface area contributed by atoms with Gasteiger partial charge in [-0.2, -0.15) is 0 Å². The van der Waals surface area contributed by atoms with Crippen molar-refractivity contribution >= 4 is 29.7 Å². The molecule has 0 saturated carbocycles. The van der Waals surface area contributed by atoms with Crippen molar-refractivity contribution in [1.82, 2.24) is 5.32 Å². The van der Waals surface area contributed by atoms with E-state index in [0.29, 0.717) is 6.42 Å². The zero-order valence-corrected chi connectivity index (χ0v) is 17.8. The molecule has 3 aromatic rings. The van der Waals surface area contributed by atoms with Crippen molar-refractivity contribution in [2.24, 2.45) is 5.92 Å². The number of nitrogens with one attached hydrogen (secondary N) is 1. The monoisotopic (exact) mass is 405 g/mol. The second kappa shape index (κ2) is 10.3. The minimum absolute atomic E-state index is 0.0498. The van der Waals surface area contributed by atoms with E-state index in [0.717, 1.165) is 5.56 Å². The largest absolute Gasteiger partial charge is 0.394 e. The van der Waals surface area contributed by atoms with E-state index in [9.17, 15) is 9.90 Å². The number of rotatable bonds is 8. The predicted octanol–water partition coefficient (Wildman–Crippen LogP) is 3.12. The standard InChI is InChI=1S/C25H28NO2P/c1-19(2)23(18-27)26-25(28)17-20-11-9-10-16-24(20)29(21-12-5-3-6-13-21)22-14-7-4-8-15-22/h3-16,19,23,27H,17-18H2,1-2H3,(H,26,28)/t23-/m1/s1. The number of aliphatic hydroxyl groups excluding tert-OH is 1. The van der Waals surface area contributed by atoms with Gasteiger partial charge in [-0.25, -0.2) is 0 Å². The van der Waals surface area contributed by atoms with Gasteiger partial charge in [-0.1, -0.05) is 98.8 Å². The molecular weight excluding hydrogens is 377 g/mol. The summed E-state index contributed by atoms with van der Waals surface area (Å²) in [5, 5.41) is 16.2. The van der Waals surface area contributed by atoms with Crippen LogP contribution >= 0.6 is 7.92 Å². The van der Waals surface area contributed by atoms with Crippen LogP contribution in [-0.2, 0) is 11.2 Å². The first-order valence-electron chi connectivity index (χ1n) is 9.98. The van der Waals surface area contributed by atoms with Crippen molar-refractivity contribution < 1.29 is 9.90 Å². The predicted molar refractivity (Wildman–Crippen MR) is 123 cm³/mol. The lowest BCUT2D eigenvalue weighted by Gasteiger charge is -2.23. The first-order valence-corrected chi connectivity index (χ1v) is 11.3. The second-order valence-corrected chi connectivity index (χ2v) is 9.60. The molecule has 0 heterocycles. The van der Waals surface area contributed by atoms with Crippen LogP contribution < -0.4 is 21.2 Å². The maximum atomic E-state index is 12.7. The molecule has 29 heavy (non-hydrogen) atoms. The number of amides is 1. The molecule has 0 aliphatic rings. The summed E-state index contributed by atoms with van der Waals surface area (Å²) in [5.41, 5.74) is 1.03. The van der Waals surface area contributed by atoms with Gasteiger partial charge in [0.15, 0.2) is 0 Å². The van der Waals surface area contributed by atoms with E-state index < -0.39 is 7.92 Å². The Morgan fingerprint density at radius 2 is 1.38 bits per heavy atom. The van der Waals surface area contributed by atoms with Crippen LogP contribution in [0.4, 0.5) is 0 Å². The molecule has 0 aromatic heterocycles. The number of benzene rings is 3. The average molecular weight is 405 g/mol. The Balaban J connectivity index is 1.95. The molecule has 0 aliphatic carbocycles. The number of hydrogen-bond donors (Lipinski definition) is 2. The number of hydrogen-bond acceptors (Lipinski definition) is 2. The highest BCUT2D eigenvalue weighted by atomic mass is 31.1. The average Bonchev–Trinajstić information content (AvgIpc) is 2.75. The minimum Gasteiger partial charge on any atom is -0.394 e. The summed E-state index contributed by atoms with van der Waals surface area (Å²) in [7, 11) is -0.763. The van der Waals surface area contributed by atoms with Gasteiger partial charge in [-0.15, -0.1) is 0 Å². The topological polar surface area (TPSA) is 49.3 Å². The highest BCUT2D eigenvalue weighted by Gasteiger charge is 2.21. The van der Waals surface area contributed by atoms with Gasteiger partial charge in [-0.05, 0) is 35.3 Å².